The Morgan fingerprint density at radius 2 is 1.15 bits per heavy atom. The van der Waals surface area contributed by atoms with Gasteiger partial charge in [0.15, 0.2) is 0 Å². The second kappa shape index (κ2) is 13.4. The fourth-order valence-electron chi connectivity index (χ4n) is 8.27. The van der Waals surface area contributed by atoms with E-state index in [-0.39, 0.29) is 0 Å². The molecule has 2 unspecified atom stereocenters. The van der Waals surface area contributed by atoms with Gasteiger partial charge in [0.25, 0.3) is 0 Å². The van der Waals surface area contributed by atoms with Crippen molar-refractivity contribution in [3.63, 3.8) is 0 Å². The van der Waals surface area contributed by atoms with E-state index in [1.807, 2.05) is 22.7 Å². The Morgan fingerprint density at radius 3 is 1.92 bits per heavy atom. The third kappa shape index (κ3) is 5.70. The van der Waals surface area contributed by atoms with Gasteiger partial charge < -0.3 is 9.80 Å². The van der Waals surface area contributed by atoms with Crippen molar-refractivity contribution in [1.29, 1.82) is 0 Å². The van der Waals surface area contributed by atoms with E-state index in [4.69, 9.17) is 0 Å². The summed E-state index contributed by atoms with van der Waals surface area (Å²) in [4.78, 5) is 4.90. The SMILES string of the molecule is CC1C=CC=CC1c1ccc(N(C2=c3c(sc4ccccc34)=CCC2)c2ccc3c(c2)sc2ccc(N(c4ccccc4)c4ccccc4)cc23)cc1. The minimum Gasteiger partial charge on any atom is -0.313 e. The predicted molar refractivity (Wildman–Crippen MR) is 231 cm³/mol. The van der Waals surface area contributed by atoms with Gasteiger partial charge in [-0.05, 0) is 97.1 Å². The number of hydrogen-bond donors (Lipinski definition) is 0. The highest BCUT2D eigenvalue weighted by Gasteiger charge is 2.23. The lowest BCUT2D eigenvalue weighted by Crippen LogP contribution is -2.32. The van der Waals surface area contributed by atoms with E-state index in [0.717, 1.165) is 29.9 Å². The first-order chi connectivity index (χ1) is 26.2. The van der Waals surface area contributed by atoms with Crippen LogP contribution < -0.4 is 19.6 Å². The van der Waals surface area contributed by atoms with Gasteiger partial charge in [-0.25, -0.2) is 0 Å². The maximum Gasteiger partial charge on any atom is 0.0473 e. The molecule has 4 heteroatoms. The molecule has 8 aromatic rings. The molecule has 0 aliphatic heterocycles. The molecule has 2 atom stereocenters. The van der Waals surface area contributed by atoms with Gasteiger partial charge in [0, 0.05) is 80.1 Å². The zero-order chi connectivity index (χ0) is 35.3. The van der Waals surface area contributed by atoms with Crippen LogP contribution in [0.5, 0.6) is 0 Å². The molecule has 2 aromatic heterocycles. The van der Waals surface area contributed by atoms with Gasteiger partial charge in [0.2, 0.25) is 0 Å². The maximum absolute atomic E-state index is 2.55. The molecule has 2 heterocycles. The number of rotatable bonds is 7. The molecule has 53 heavy (non-hydrogen) atoms. The Hall–Kier alpha value is -5.68. The third-order valence-corrected chi connectivity index (χ3v) is 13.1. The molecule has 2 aliphatic rings. The van der Waals surface area contributed by atoms with Crippen LogP contribution in [-0.4, -0.2) is 0 Å². The van der Waals surface area contributed by atoms with E-state index in [0.29, 0.717) is 11.8 Å². The molecule has 0 saturated carbocycles. The molecule has 10 rings (SSSR count). The van der Waals surface area contributed by atoms with Crippen LogP contribution in [-0.2, 0) is 0 Å². The molecular weight excluding hydrogens is 681 g/mol. The molecule has 0 radical (unpaired) electrons. The average molecular weight is 719 g/mol. The molecule has 2 nitrogen and oxygen atoms in total. The van der Waals surface area contributed by atoms with Crippen LogP contribution in [0, 0.1) is 5.92 Å². The normalized spacial score (nSPS) is 16.6. The zero-order valence-electron chi connectivity index (χ0n) is 29.5. The van der Waals surface area contributed by atoms with Gasteiger partial charge in [-0.2, -0.15) is 0 Å². The fraction of sp³-hybridized carbons (Fsp3) is 0.102. The van der Waals surface area contributed by atoms with E-state index >= 15 is 0 Å². The van der Waals surface area contributed by atoms with Gasteiger partial charge in [0.1, 0.15) is 0 Å². The summed E-state index contributed by atoms with van der Waals surface area (Å²) in [7, 11) is 0. The minimum atomic E-state index is 0.395. The Balaban J connectivity index is 1.13. The molecule has 0 bridgehead atoms. The van der Waals surface area contributed by atoms with E-state index in [1.54, 1.807) is 0 Å². The molecule has 0 amide bonds. The topological polar surface area (TPSA) is 6.48 Å². The smallest absolute Gasteiger partial charge is 0.0473 e. The summed E-state index contributed by atoms with van der Waals surface area (Å²) >= 11 is 3.81. The molecule has 0 N–H and O–H groups in total. The number of fused-ring (bicyclic) bond motifs is 6. The number of benzene rings is 6. The van der Waals surface area contributed by atoms with Gasteiger partial charge in [-0.3, -0.25) is 0 Å². The van der Waals surface area contributed by atoms with Crippen molar-refractivity contribution >= 4 is 93.1 Å². The lowest BCUT2D eigenvalue weighted by atomic mass is 9.84. The highest BCUT2D eigenvalue weighted by molar-refractivity contribution is 7.25. The minimum absolute atomic E-state index is 0.395. The highest BCUT2D eigenvalue weighted by atomic mass is 32.1. The van der Waals surface area contributed by atoms with Crippen LogP contribution in [0.25, 0.3) is 42.0 Å². The van der Waals surface area contributed by atoms with Crippen molar-refractivity contribution in [2.45, 2.75) is 25.7 Å². The van der Waals surface area contributed by atoms with Crippen molar-refractivity contribution in [2.24, 2.45) is 5.92 Å². The lowest BCUT2D eigenvalue weighted by molar-refractivity contribution is 0.635. The standard InChI is InChI=1S/C49H38N2S2/c1-33-13-8-9-18-40(33)34-23-25-37(26-24-34)51(44-20-12-22-47-49(44)42-19-10-11-21-45(42)52-47)39-27-29-41-43-31-38(28-30-46(43)53-48(41)32-39)50(35-14-4-2-5-15-35)36-16-6-3-7-17-36/h2-11,13-19,21-33,40H,12,20H2,1H3. The predicted octanol–water partition coefficient (Wildman–Crippen LogP) is 13.1. The Morgan fingerprint density at radius 1 is 0.509 bits per heavy atom. The maximum atomic E-state index is 2.55. The summed E-state index contributed by atoms with van der Waals surface area (Å²) in [6, 6.07) is 53.7. The third-order valence-electron chi connectivity index (χ3n) is 10.8. The molecule has 2 aliphatic carbocycles. The number of allylic oxidation sites excluding steroid dienone is 4. The summed E-state index contributed by atoms with van der Waals surface area (Å²) in [5, 5.41) is 5.32. The second-order valence-electron chi connectivity index (χ2n) is 14.1. The van der Waals surface area contributed by atoms with E-state index in [2.05, 4.69) is 193 Å². The highest BCUT2D eigenvalue weighted by Crippen LogP contribution is 2.43. The van der Waals surface area contributed by atoms with E-state index in [9.17, 15) is 0 Å². The fourth-order valence-corrected chi connectivity index (χ4v) is 10.6. The van der Waals surface area contributed by atoms with Crippen molar-refractivity contribution in [3.8, 4) is 0 Å². The Bertz CT molecular complexity index is 2770. The second-order valence-corrected chi connectivity index (χ2v) is 16.2. The number of anilines is 5. The van der Waals surface area contributed by atoms with Gasteiger partial charge in [0.05, 0.1) is 0 Å². The molecule has 0 spiro atoms. The first-order valence-electron chi connectivity index (χ1n) is 18.5. The molecular formula is C49H38N2S2. The quantitative estimate of drug-likeness (QED) is 0.162. The summed E-state index contributed by atoms with van der Waals surface area (Å²) in [6.07, 6.45) is 13.5. The lowest BCUT2D eigenvalue weighted by Gasteiger charge is -2.30. The van der Waals surface area contributed by atoms with Crippen molar-refractivity contribution in [1.82, 2.24) is 0 Å². The average Bonchev–Trinajstić information content (AvgIpc) is 3.78. The summed E-state index contributed by atoms with van der Waals surface area (Å²) in [5.41, 5.74) is 8.61. The van der Waals surface area contributed by atoms with Crippen molar-refractivity contribution in [3.05, 3.63) is 185 Å². The van der Waals surface area contributed by atoms with Gasteiger partial charge >= 0.3 is 0 Å². The van der Waals surface area contributed by atoms with Crippen LogP contribution in [0.4, 0.5) is 28.4 Å². The largest absolute Gasteiger partial charge is 0.313 e. The number of nitrogens with zero attached hydrogens (tertiary/aromatic N) is 2. The van der Waals surface area contributed by atoms with Crippen molar-refractivity contribution in [2.75, 3.05) is 9.80 Å². The number of thiophene rings is 2. The van der Waals surface area contributed by atoms with Crippen molar-refractivity contribution < 1.29 is 0 Å². The van der Waals surface area contributed by atoms with Crippen LogP contribution in [0.1, 0.15) is 31.2 Å². The number of para-hydroxylation sites is 2. The summed E-state index contributed by atoms with van der Waals surface area (Å²) < 4.78 is 5.34. The van der Waals surface area contributed by atoms with Gasteiger partial charge in [-0.1, -0.05) is 110 Å². The summed E-state index contributed by atoms with van der Waals surface area (Å²) in [5.74, 6) is 0.875. The van der Waals surface area contributed by atoms with Crippen LogP contribution >= 0.6 is 22.7 Å². The summed E-state index contributed by atoms with van der Waals surface area (Å²) in [6.45, 7) is 2.31. The zero-order valence-corrected chi connectivity index (χ0v) is 31.2. The monoisotopic (exact) mass is 718 g/mol. The molecule has 6 aromatic carbocycles. The van der Waals surface area contributed by atoms with Crippen LogP contribution in [0.3, 0.4) is 0 Å². The van der Waals surface area contributed by atoms with Crippen LogP contribution in [0.2, 0.25) is 0 Å². The number of hydrogen-bond acceptors (Lipinski definition) is 4. The van der Waals surface area contributed by atoms with Gasteiger partial charge in [-0.15, -0.1) is 22.7 Å². The Kier molecular flexibility index (Phi) is 8.08. The first kappa shape index (κ1) is 32.0. The van der Waals surface area contributed by atoms with Crippen LogP contribution in [0.15, 0.2) is 170 Å². The molecule has 0 fully saturated rings. The molecule has 0 saturated heterocycles. The van der Waals surface area contributed by atoms with E-state index < -0.39 is 0 Å². The Labute approximate surface area is 318 Å². The molecule has 256 valence electrons. The first-order valence-corrected chi connectivity index (χ1v) is 20.2. The van der Waals surface area contributed by atoms with E-state index in [1.165, 1.54) is 62.6 Å².